The van der Waals surface area contributed by atoms with Crippen LogP contribution < -0.4 is 5.32 Å². The van der Waals surface area contributed by atoms with Crippen LogP contribution in [0.1, 0.15) is 71.0 Å². The normalized spacial score (nSPS) is 22.0. The van der Waals surface area contributed by atoms with Crippen molar-refractivity contribution >= 4 is 11.8 Å². The number of carbonyl (C=O) groups excluding carboxylic acids is 2. The number of amides is 2. The number of hydrogen-bond acceptors (Lipinski definition) is 5. The molecule has 7 heteroatoms. The lowest BCUT2D eigenvalue weighted by atomic mass is 10.0. The van der Waals surface area contributed by atoms with Gasteiger partial charge in [0, 0.05) is 25.4 Å². The molecule has 2 fully saturated rings. The first-order chi connectivity index (χ1) is 11.9. The summed E-state index contributed by atoms with van der Waals surface area (Å²) in [5, 5.41) is 7.00. The molecule has 1 aliphatic carbocycles. The Bertz CT molecular complexity index is 634. The molecule has 2 aliphatic rings. The fourth-order valence-electron chi connectivity index (χ4n) is 3.77. The summed E-state index contributed by atoms with van der Waals surface area (Å²) in [7, 11) is 0. The number of nitrogens with one attached hydrogen (secondary N) is 1. The van der Waals surface area contributed by atoms with Crippen LogP contribution in [0.15, 0.2) is 4.52 Å². The lowest BCUT2D eigenvalue weighted by Crippen LogP contribution is -2.45. The third-order valence-corrected chi connectivity index (χ3v) is 5.22. The number of nitrogens with zero attached hydrogens (tertiary/aromatic N) is 3. The molecule has 1 N–H and O–H groups in total. The Balaban J connectivity index is 1.61. The molecule has 0 radical (unpaired) electrons. The quantitative estimate of drug-likeness (QED) is 0.851. The van der Waals surface area contributed by atoms with E-state index in [9.17, 15) is 9.59 Å². The average Bonchev–Trinajstić information content (AvgIpc) is 3.26. The summed E-state index contributed by atoms with van der Waals surface area (Å²) >= 11 is 0. The van der Waals surface area contributed by atoms with Crippen molar-refractivity contribution in [3.63, 3.8) is 0 Å². The van der Waals surface area contributed by atoms with E-state index in [1.165, 1.54) is 12.8 Å². The van der Waals surface area contributed by atoms with Gasteiger partial charge in [0.25, 0.3) is 0 Å². The Morgan fingerprint density at radius 1 is 1.36 bits per heavy atom. The van der Waals surface area contributed by atoms with E-state index in [1.807, 2.05) is 25.7 Å². The van der Waals surface area contributed by atoms with Crippen LogP contribution in [0.4, 0.5) is 0 Å². The van der Waals surface area contributed by atoms with Crippen LogP contribution in [0.25, 0.3) is 0 Å². The molecule has 25 heavy (non-hydrogen) atoms. The van der Waals surface area contributed by atoms with Crippen LogP contribution in [0, 0.1) is 5.92 Å². The molecule has 1 aliphatic heterocycles. The van der Waals surface area contributed by atoms with Gasteiger partial charge in [0.15, 0.2) is 5.82 Å². The van der Waals surface area contributed by atoms with Gasteiger partial charge in [0.2, 0.25) is 17.7 Å². The first kappa shape index (κ1) is 17.9. The highest BCUT2D eigenvalue weighted by Gasteiger charge is 2.40. The Morgan fingerprint density at radius 2 is 2.08 bits per heavy atom. The van der Waals surface area contributed by atoms with Gasteiger partial charge in [0.05, 0.1) is 11.5 Å². The summed E-state index contributed by atoms with van der Waals surface area (Å²) in [5.74, 6) is 0.759. The number of aryl methyl sites for hydroxylation is 1. The maximum Gasteiger partial charge on any atom is 0.226 e. The van der Waals surface area contributed by atoms with Crippen molar-refractivity contribution in [2.45, 2.75) is 77.3 Å². The minimum absolute atomic E-state index is 0.106. The van der Waals surface area contributed by atoms with Gasteiger partial charge in [-0.2, -0.15) is 4.98 Å². The number of hydrogen-bond donors (Lipinski definition) is 1. The first-order valence-electron chi connectivity index (χ1n) is 9.35. The fraction of sp³-hybridized carbons (Fsp3) is 0.778. The average molecular weight is 348 g/mol. The van der Waals surface area contributed by atoms with E-state index >= 15 is 0 Å². The van der Waals surface area contributed by atoms with E-state index in [1.54, 1.807) is 0 Å². The van der Waals surface area contributed by atoms with Crippen LogP contribution in [-0.2, 0) is 21.5 Å². The highest BCUT2D eigenvalue weighted by Crippen LogP contribution is 2.30. The van der Waals surface area contributed by atoms with Crippen LogP contribution in [0.3, 0.4) is 0 Å². The summed E-state index contributed by atoms with van der Waals surface area (Å²) in [6, 6.07) is 0.326. The molecule has 1 aromatic rings. The third-order valence-electron chi connectivity index (χ3n) is 5.22. The van der Waals surface area contributed by atoms with E-state index in [0.29, 0.717) is 30.7 Å². The van der Waals surface area contributed by atoms with Gasteiger partial charge in [-0.3, -0.25) is 9.59 Å². The maximum atomic E-state index is 12.7. The molecular formula is C18H28N4O3. The van der Waals surface area contributed by atoms with Gasteiger partial charge in [0.1, 0.15) is 0 Å². The Labute approximate surface area is 148 Å². The summed E-state index contributed by atoms with van der Waals surface area (Å²) in [4.78, 5) is 31.3. The molecular weight excluding hydrogens is 320 g/mol. The van der Waals surface area contributed by atoms with E-state index in [2.05, 4.69) is 15.5 Å². The number of aromatic nitrogens is 2. The molecule has 1 atom stereocenters. The SMILES string of the molecule is CCCc1nc(C(C)(C)NC(=O)[C@@H]2CC(=O)N(C3CCCC3)C2)no1. The van der Waals surface area contributed by atoms with Gasteiger partial charge >= 0.3 is 0 Å². The van der Waals surface area contributed by atoms with E-state index < -0.39 is 5.54 Å². The van der Waals surface area contributed by atoms with Gasteiger partial charge in [-0.1, -0.05) is 24.9 Å². The first-order valence-corrected chi connectivity index (χ1v) is 9.35. The highest BCUT2D eigenvalue weighted by molar-refractivity contribution is 5.89. The van der Waals surface area contributed by atoms with E-state index in [-0.39, 0.29) is 17.7 Å². The van der Waals surface area contributed by atoms with Gasteiger partial charge in [-0.05, 0) is 33.1 Å². The Kier molecular flexibility index (Phi) is 5.11. The molecule has 138 valence electrons. The molecule has 0 unspecified atom stereocenters. The minimum Gasteiger partial charge on any atom is -0.343 e. The number of rotatable bonds is 6. The second kappa shape index (κ2) is 7.14. The Hall–Kier alpha value is -1.92. The molecule has 2 heterocycles. The summed E-state index contributed by atoms with van der Waals surface area (Å²) in [6.07, 6.45) is 6.43. The van der Waals surface area contributed by atoms with Crippen LogP contribution in [-0.4, -0.2) is 39.4 Å². The molecule has 3 rings (SSSR count). The van der Waals surface area contributed by atoms with E-state index in [4.69, 9.17) is 4.52 Å². The zero-order valence-corrected chi connectivity index (χ0v) is 15.4. The Morgan fingerprint density at radius 3 is 2.76 bits per heavy atom. The highest BCUT2D eigenvalue weighted by atomic mass is 16.5. The van der Waals surface area contributed by atoms with Crippen LogP contribution in [0.2, 0.25) is 0 Å². The molecule has 1 aromatic heterocycles. The van der Waals surface area contributed by atoms with Gasteiger partial charge < -0.3 is 14.7 Å². The largest absolute Gasteiger partial charge is 0.343 e. The molecule has 2 amide bonds. The van der Waals surface area contributed by atoms with Crippen molar-refractivity contribution < 1.29 is 14.1 Å². The van der Waals surface area contributed by atoms with Gasteiger partial charge in [-0.25, -0.2) is 0 Å². The zero-order chi connectivity index (χ0) is 18.0. The predicted molar refractivity (Wildman–Crippen MR) is 91.5 cm³/mol. The van der Waals surface area contributed by atoms with Crippen LogP contribution in [0.5, 0.6) is 0 Å². The predicted octanol–water partition coefficient (Wildman–Crippen LogP) is 2.16. The molecule has 0 aromatic carbocycles. The molecule has 7 nitrogen and oxygen atoms in total. The standard InChI is InChI=1S/C18H28N4O3/c1-4-7-14-19-17(21-25-14)18(2,3)20-16(24)12-10-15(23)22(11-12)13-8-5-6-9-13/h12-13H,4-11H2,1-3H3,(H,20,24)/t12-/m1/s1. The van der Waals surface area contributed by atoms with E-state index in [0.717, 1.165) is 25.7 Å². The number of likely N-dealkylation sites (tertiary alicyclic amines) is 1. The molecule has 1 saturated heterocycles. The topological polar surface area (TPSA) is 88.3 Å². The third kappa shape index (κ3) is 3.85. The smallest absolute Gasteiger partial charge is 0.226 e. The summed E-state index contributed by atoms with van der Waals surface area (Å²) in [5.41, 5.74) is -0.726. The summed E-state index contributed by atoms with van der Waals surface area (Å²) in [6.45, 7) is 6.29. The van der Waals surface area contributed by atoms with Crippen molar-refractivity contribution in [2.24, 2.45) is 5.92 Å². The minimum atomic E-state index is -0.726. The van der Waals surface area contributed by atoms with Crippen molar-refractivity contribution in [1.82, 2.24) is 20.4 Å². The fourth-order valence-corrected chi connectivity index (χ4v) is 3.77. The molecule has 1 saturated carbocycles. The monoisotopic (exact) mass is 348 g/mol. The van der Waals surface area contributed by atoms with Crippen molar-refractivity contribution in [1.29, 1.82) is 0 Å². The van der Waals surface area contributed by atoms with Crippen LogP contribution >= 0.6 is 0 Å². The molecule has 0 spiro atoms. The van der Waals surface area contributed by atoms with Crippen molar-refractivity contribution in [2.75, 3.05) is 6.54 Å². The lowest BCUT2D eigenvalue weighted by Gasteiger charge is -2.26. The second-order valence-corrected chi connectivity index (χ2v) is 7.76. The maximum absolute atomic E-state index is 12.7. The molecule has 0 bridgehead atoms. The zero-order valence-electron chi connectivity index (χ0n) is 15.4. The van der Waals surface area contributed by atoms with Crippen molar-refractivity contribution in [3.05, 3.63) is 11.7 Å². The second-order valence-electron chi connectivity index (χ2n) is 7.76. The van der Waals surface area contributed by atoms with Crippen molar-refractivity contribution in [3.8, 4) is 0 Å². The summed E-state index contributed by atoms with van der Waals surface area (Å²) < 4.78 is 5.23. The lowest BCUT2D eigenvalue weighted by molar-refractivity contribution is -0.130. The van der Waals surface area contributed by atoms with Gasteiger partial charge in [-0.15, -0.1) is 0 Å². The number of carbonyl (C=O) groups is 2.